The predicted molar refractivity (Wildman–Crippen MR) is 70.2 cm³/mol. The molecule has 0 radical (unpaired) electrons. The monoisotopic (exact) mass is 264 g/mol. The normalized spacial score (nSPS) is 12.4. The number of alkyl halides is 1. The number of aromatic nitrogens is 2. The van der Waals surface area contributed by atoms with Crippen molar-refractivity contribution in [1.29, 1.82) is 0 Å². The average Bonchev–Trinajstić information content (AvgIpc) is 2.32. The van der Waals surface area contributed by atoms with Gasteiger partial charge in [0.05, 0.1) is 5.38 Å². The van der Waals surface area contributed by atoms with E-state index in [1.165, 1.54) is 6.07 Å². The molecule has 0 fully saturated rings. The van der Waals surface area contributed by atoms with E-state index in [9.17, 15) is 4.39 Å². The minimum Gasteiger partial charge on any atom is -0.241 e. The van der Waals surface area contributed by atoms with Gasteiger partial charge in [0.2, 0.25) is 0 Å². The van der Waals surface area contributed by atoms with Crippen molar-refractivity contribution < 1.29 is 4.39 Å². The molecule has 1 aromatic heterocycles. The SMILES string of the molecule is Cc1nc(Cc2ccccc2F)ncc1C(C)Cl. The third kappa shape index (κ3) is 2.85. The quantitative estimate of drug-likeness (QED) is 0.788. The summed E-state index contributed by atoms with van der Waals surface area (Å²) in [7, 11) is 0. The molecule has 4 heteroatoms. The fraction of sp³-hybridized carbons (Fsp3) is 0.286. The molecule has 2 aromatic rings. The van der Waals surface area contributed by atoms with Crippen LogP contribution in [-0.4, -0.2) is 9.97 Å². The fourth-order valence-corrected chi connectivity index (χ4v) is 2.03. The first-order chi connectivity index (χ1) is 8.58. The van der Waals surface area contributed by atoms with Gasteiger partial charge in [-0.1, -0.05) is 18.2 Å². The maximum atomic E-state index is 13.5. The van der Waals surface area contributed by atoms with E-state index in [0.29, 0.717) is 17.8 Å². The van der Waals surface area contributed by atoms with Gasteiger partial charge in [-0.3, -0.25) is 0 Å². The van der Waals surface area contributed by atoms with Crippen LogP contribution in [0.3, 0.4) is 0 Å². The summed E-state index contributed by atoms with van der Waals surface area (Å²) in [6, 6.07) is 6.66. The van der Waals surface area contributed by atoms with E-state index in [1.54, 1.807) is 24.4 Å². The largest absolute Gasteiger partial charge is 0.241 e. The Balaban J connectivity index is 2.26. The number of benzene rings is 1. The summed E-state index contributed by atoms with van der Waals surface area (Å²) in [6.07, 6.45) is 2.11. The van der Waals surface area contributed by atoms with Crippen molar-refractivity contribution in [3.8, 4) is 0 Å². The van der Waals surface area contributed by atoms with Crippen LogP contribution in [0.15, 0.2) is 30.5 Å². The van der Waals surface area contributed by atoms with Crippen molar-refractivity contribution in [2.45, 2.75) is 25.6 Å². The maximum Gasteiger partial charge on any atom is 0.133 e. The zero-order chi connectivity index (χ0) is 13.1. The van der Waals surface area contributed by atoms with Gasteiger partial charge in [-0.05, 0) is 25.5 Å². The minimum atomic E-state index is -0.228. The standard InChI is InChI=1S/C14H14ClFN2/c1-9(15)12-8-17-14(18-10(12)2)7-11-5-3-4-6-13(11)16/h3-6,8-9H,7H2,1-2H3. The van der Waals surface area contributed by atoms with Crippen LogP contribution in [0.1, 0.15) is 34.9 Å². The van der Waals surface area contributed by atoms with E-state index in [2.05, 4.69) is 9.97 Å². The molecule has 1 aromatic carbocycles. The average molecular weight is 265 g/mol. The van der Waals surface area contributed by atoms with E-state index < -0.39 is 0 Å². The summed E-state index contributed by atoms with van der Waals surface area (Å²) in [4.78, 5) is 8.60. The maximum absolute atomic E-state index is 13.5. The first kappa shape index (κ1) is 13.0. The van der Waals surface area contributed by atoms with Gasteiger partial charge in [0.15, 0.2) is 0 Å². The van der Waals surface area contributed by atoms with Gasteiger partial charge in [0, 0.05) is 23.9 Å². The highest BCUT2D eigenvalue weighted by atomic mass is 35.5. The second-order valence-electron chi connectivity index (χ2n) is 4.21. The van der Waals surface area contributed by atoms with Crippen LogP contribution < -0.4 is 0 Å². The molecule has 0 N–H and O–H groups in total. The summed E-state index contributed by atoms with van der Waals surface area (Å²) in [6.45, 7) is 3.77. The molecule has 0 spiro atoms. The lowest BCUT2D eigenvalue weighted by atomic mass is 10.1. The van der Waals surface area contributed by atoms with Gasteiger partial charge in [-0.15, -0.1) is 11.6 Å². The van der Waals surface area contributed by atoms with Gasteiger partial charge in [-0.2, -0.15) is 0 Å². The Morgan fingerprint density at radius 1 is 1.33 bits per heavy atom. The number of hydrogen-bond acceptors (Lipinski definition) is 2. The second-order valence-corrected chi connectivity index (χ2v) is 4.87. The molecule has 0 bridgehead atoms. The topological polar surface area (TPSA) is 25.8 Å². The van der Waals surface area contributed by atoms with Crippen LogP contribution in [-0.2, 0) is 6.42 Å². The van der Waals surface area contributed by atoms with Crippen molar-refractivity contribution in [2.24, 2.45) is 0 Å². The van der Waals surface area contributed by atoms with Gasteiger partial charge >= 0.3 is 0 Å². The first-order valence-corrected chi connectivity index (χ1v) is 6.21. The molecule has 0 saturated heterocycles. The molecule has 0 aliphatic carbocycles. The highest BCUT2D eigenvalue weighted by Gasteiger charge is 2.10. The highest BCUT2D eigenvalue weighted by Crippen LogP contribution is 2.21. The van der Waals surface area contributed by atoms with E-state index >= 15 is 0 Å². The minimum absolute atomic E-state index is 0.118. The Labute approximate surface area is 111 Å². The summed E-state index contributed by atoms with van der Waals surface area (Å²) in [5.74, 6) is 0.382. The molecular formula is C14H14ClFN2. The van der Waals surface area contributed by atoms with Crippen LogP contribution in [0.4, 0.5) is 4.39 Å². The Morgan fingerprint density at radius 2 is 2.06 bits per heavy atom. The molecule has 1 atom stereocenters. The number of aryl methyl sites for hydroxylation is 1. The van der Waals surface area contributed by atoms with Gasteiger partial charge < -0.3 is 0 Å². The molecular weight excluding hydrogens is 251 g/mol. The number of rotatable bonds is 3. The molecule has 0 aliphatic rings. The molecule has 0 saturated carbocycles. The van der Waals surface area contributed by atoms with Crippen LogP contribution in [0.5, 0.6) is 0 Å². The van der Waals surface area contributed by atoms with Gasteiger partial charge in [-0.25, -0.2) is 14.4 Å². The van der Waals surface area contributed by atoms with E-state index in [4.69, 9.17) is 11.6 Å². The fourth-order valence-electron chi connectivity index (χ4n) is 1.81. The Bertz CT molecular complexity index is 555. The Kier molecular flexibility index (Phi) is 3.92. The van der Waals surface area contributed by atoms with Crippen molar-refractivity contribution in [2.75, 3.05) is 0 Å². The van der Waals surface area contributed by atoms with E-state index in [1.807, 2.05) is 13.8 Å². The lowest BCUT2D eigenvalue weighted by Crippen LogP contribution is -2.03. The Hall–Kier alpha value is -1.48. The second kappa shape index (κ2) is 5.44. The highest BCUT2D eigenvalue weighted by molar-refractivity contribution is 6.20. The molecule has 2 rings (SSSR count). The summed E-state index contributed by atoms with van der Waals surface area (Å²) >= 11 is 6.01. The first-order valence-electron chi connectivity index (χ1n) is 5.78. The van der Waals surface area contributed by atoms with Crippen molar-refractivity contribution in [1.82, 2.24) is 9.97 Å². The smallest absolute Gasteiger partial charge is 0.133 e. The zero-order valence-electron chi connectivity index (χ0n) is 10.3. The van der Waals surface area contributed by atoms with Crippen LogP contribution in [0.2, 0.25) is 0 Å². The molecule has 94 valence electrons. The van der Waals surface area contributed by atoms with Crippen LogP contribution >= 0.6 is 11.6 Å². The van der Waals surface area contributed by atoms with Crippen molar-refractivity contribution in [3.63, 3.8) is 0 Å². The lowest BCUT2D eigenvalue weighted by molar-refractivity contribution is 0.612. The van der Waals surface area contributed by atoms with Crippen molar-refractivity contribution >= 4 is 11.6 Å². The van der Waals surface area contributed by atoms with Crippen LogP contribution in [0.25, 0.3) is 0 Å². The molecule has 1 unspecified atom stereocenters. The molecule has 2 nitrogen and oxygen atoms in total. The van der Waals surface area contributed by atoms with E-state index in [0.717, 1.165) is 11.3 Å². The van der Waals surface area contributed by atoms with Gasteiger partial charge in [0.1, 0.15) is 11.6 Å². The van der Waals surface area contributed by atoms with Crippen molar-refractivity contribution in [3.05, 3.63) is 58.9 Å². The lowest BCUT2D eigenvalue weighted by Gasteiger charge is -2.08. The van der Waals surface area contributed by atoms with Crippen LogP contribution in [0, 0.1) is 12.7 Å². The molecule has 1 heterocycles. The summed E-state index contributed by atoms with van der Waals surface area (Å²) in [5.41, 5.74) is 2.36. The molecule has 0 amide bonds. The number of hydrogen-bond donors (Lipinski definition) is 0. The van der Waals surface area contributed by atoms with E-state index in [-0.39, 0.29) is 11.2 Å². The molecule has 0 aliphatic heterocycles. The summed E-state index contributed by atoms with van der Waals surface area (Å²) < 4.78 is 13.5. The number of halogens is 2. The third-order valence-corrected chi connectivity index (χ3v) is 3.04. The molecule has 18 heavy (non-hydrogen) atoms. The van der Waals surface area contributed by atoms with Gasteiger partial charge in [0.25, 0.3) is 0 Å². The zero-order valence-corrected chi connectivity index (χ0v) is 11.1. The predicted octanol–water partition coefficient (Wildman–Crippen LogP) is 3.81. The Morgan fingerprint density at radius 3 is 2.67 bits per heavy atom. The third-order valence-electron chi connectivity index (χ3n) is 2.80. The number of nitrogens with zero attached hydrogens (tertiary/aromatic N) is 2. The summed E-state index contributed by atoms with van der Waals surface area (Å²) in [5, 5.41) is -0.118.